The second-order valence-electron chi connectivity index (χ2n) is 8.74. The zero-order valence-electron chi connectivity index (χ0n) is 19.4. The normalized spacial score (nSPS) is 19.0. The molecular weight excluding hydrogens is 464 g/mol. The zero-order chi connectivity index (χ0) is 24.6. The summed E-state index contributed by atoms with van der Waals surface area (Å²) in [6.07, 6.45) is -0.339. The number of hydrogen-bond acceptors (Lipinski definition) is 5. The van der Waals surface area contributed by atoms with E-state index in [1.54, 1.807) is 12.1 Å². The van der Waals surface area contributed by atoms with E-state index in [9.17, 15) is 13.2 Å². The largest absolute Gasteiger partial charge is 0.373 e. The summed E-state index contributed by atoms with van der Waals surface area (Å²) < 4.78 is 33.1. The molecule has 2 N–H and O–H groups in total. The van der Waals surface area contributed by atoms with Gasteiger partial charge in [-0.2, -0.15) is 4.31 Å². The fourth-order valence-corrected chi connectivity index (χ4v) is 5.85. The van der Waals surface area contributed by atoms with Crippen molar-refractivity contribution in [1.82, 2.24) is 14.3 Å². The van der Waals surface area contributed by atoms with E-state index < -0.39 is 10.0 Å². The highest BCUT2D eigenvalue weighted by Crippen LogP contribution is 2.24. The van der Waals surface area contributed by atoms with E-state index in [0.717, 1.165) is 22.4 Å². The van der Waals surface area contributed by atoms with Crippen LogP contribution in [0.4, 0.5) is 5.69 Å². The van der Waals surface area contributed by atoms with Gasteiger partial charge in [-0.3, -0.25) is 4.79 Å². The minimum absolute atomic E-state index is 0.158. The molecule has 0 spiro atoms. The summed E-state index contributed by atoms with van der Waals surface area (Å²) in [4.78, 5) is 20.8. The summed E-state index contributed by atoms with van der Waals surface area (Å²) in [6, 6.07) is 21.2. The molecular formula is C26H26N4O4S. The molecule has 1 aliphatic rings. The smallest absolute Gasteiger partial charge is 0.255 e. The van der Waals surface area contributed by atoms with Gasteiger partial charge in [0.05, 0.1) is 28.1 Å². The number of morpholine rings is 1. The number of aromatic nitrogens is 2. The van der Waals surface area contributed by atoms with Crippen molar-refractivity contribution in [2.75, 3.05) is 18.4 Å². The van der Waals surface area contributed by atoms with Crippen molar-refractivity contribution >= 4 is 32.7 Å². The number of benzene rings is 3. The zero-order valence-corrected chi connectivity index (χ0v) is 20.2. The molecule has 1 saturated heterocycles. The molecule has 3 aromatic carbocycles. The molecule has 35 heavy (non-hydrogen) atoms. The van der Waals surface area contributed by atoms with Gasteiger partial charge in [0, 0.05) is 29.9 Å². The first kappa shape index (κ1) is 23.2. The quantitative estimate of drug-likeness (QED) is 0.435. The Labute approximate surface area is 204 Å². The molecule has 2 atom stereocenters. The molecule has 1 amide bonds. The third-order valence-electron chi connectivity index (χ3n) is 5.95. The van der Waals surface area contributed by atoms with Crippen LogP contribution in [0.1, 0.15) is 24.2 Å². The summed E-state index contributed by atoms with van der Waals surface area (Å²) >= 11 is 0. The lowest BCUT2D eigenvalue weighted by Gasteiger charge is -2.34. The Morgan fingerprint density at radius 1 is 0.971 bits per heavy atom. The van der Waals surface area contributed by atoms with E-state index in [1.807, 2.05) is 50.2 Å². The molecule has 0 radical (unpaired) electrons. The number of hydrogen-bond donors (Lipinski definition) is 2. The van der Waals surface area contributed by atoms with Crippen LogP contribution in [0.5, 0.6) is 0 Å². The first-order valence-electron chi connectivity index (χ1n) is 11.4. The minimum atomic E-state index is -3.66. The van der Waals surface area contributed by atoms with Gasteiger partial charge in [0.15, 0.2) is 0 Å². The highest BCUT2D eigenvalue weighted by molar-refractivity contribution is 7.89. The van der Waals surface area contributed by atoms with Crippen LogP contribution in [0.25, 0.3) is 22.4 Å². The van der Waals surface area contributed by atoms with Gasteiger partial charge in [-0.1, -0.05) is 12.1 Å². The third kappa shape index (κ3) is 4.84. The molecule has 2 heterocycles. The van der Waals surface area contributed by atoms with Crippen molar-refractivity contribution in [1.29, 1.82) is 0 Å². The van der Waals surface area contributed by atoms with Gasteiger partial charge in [0.1, 0.15) is 5.82 Å². The number of rotatable bonds is 5. The Bertz CT molecular complexity index is 1420. The van der Waals surface area contributed by atoms with Crippen molar-refractivity contribution in [3.8, 4) is 11.4 Å². The van der Waals surface area contributed by atoms with Crippen LogP contribution in [-0.2, 0) is 14.8 Å². The molecule has 1 aliphatic heterocycles. The molecule has 0 bridgehead atoms. The van der Waals surface area contributed by atoms with Crippen LogP contribution in [0.15, 0.2) is 77.7 Å². The number of anilines is 1. The van der Waals surface area contributed by atoms with Crippen molar-refractivity contribution in [3.05, 3.63) is 78.4 Å². The second-order valence-corrected chi connectivity index (χ2v) is 10.7. The summed E-state index contributed by atoms with van der Waals surface area (Å²) in [7, 11) is -3.66. The average Bonchev–Trinajstić information content (AvgIpc) is 3.28. The molecule has 180 valence electrons. The molecule has 1 aromatic heterocycles. The number of aromatic amines is 1. The highest BCUT2D eigenvalue weighted by atomic mass is 32.2. The van der Waals surface area contributed by atoms with E-state index in [2.05, 4.69) is 15.3 Å². The number of fused-ring (bicyclic) bond motifs is 1. The molecule has 0 aliphatic carbocycles. The summed E-state index contributed by atoms with van der Waals surface area (Å²) in [5, 5.41) is 2.85. The summed E-state index contributed by atoms with van der Waals surface area (Å²) in [6.45, 7) is 4.32. The maximum atomic E-state index is 13.0. The average molecular weight is 491 g/mol. The Kier molecular flexibility index (Phi) is 6.14. The van der Waals surface area contributed by atoms with Crippen LogP contribution in [0, 0.1) is 0 Å². The minimum Gasteiger partial charge on any atom is -0.373 e. The number of nitrogens with one attached hydrogen (secondary N) is 2. The second kappa shape index (κ2) is 9.26. The van der Waals surface area contributed by atoms with Crippen LogP contribution >= 0.6 is 0 Å². The lowest BCUT2D eigenvalue weighted by molar-refractivity contribution is -0.0440. The molecule has 1 fully saturated rings. The third-order valence-corrected chi connectivity index (χ3v) is 7.79. The molecule has 9 heteroatoms. The van der Waals surface area contributed by atoms with Crippen LogP contribution in [0.2, 0.25) is 0 Å². The lowest BCUT2D eigenvalue weighted by Crippen LogP contribution is -2.48. The maximum Gasteiger partial charge on any atom is 0.255 e. The Hall–Kier alpha value is -3.53. The van der Waals surface area contributed by atoms with Crippen LogP contribution in [-0.4, -0.2) is 53.9 Å². The Morgan fingerprint density at radius 2 is 1.63 bits per heavy atom. The van der Waals surface area contributed by atoms with Crippen molar-refractivity contribution < 1.29 is 17.9 Å². The van der Waals surface area contributed by atoms with Gasteiger partial charge < -0.3 is 15.0 Å². The van der Waals surface area contributed by atoms with E-state index in [0.29, 0.717) is 24.3 Å². The number of sulfonamides is 1. The van der Waals surface area contributed by atoms with Crippen LogP contribution in [0.3, 0.4) is 0 Å². The van der Waals surface area contributed by atoms with Crippen molar-refractivity contribution in [2.24, 2.45) is 0 Å². The van der Waals surface area contributed by atoms with Gasteiger partial charge in [0.25, 0.3) is 5.91 Å². The molecule has 8 nitrogen and oxygen atoms in total. The number of ether oxygens (including phenoxy) is 1. The maximum absolute atomic E-state index is 13.0. The van der Waals surface area contributed by atoms with Crippen molar-refractivity contribution in [2.45, 2.75) is 31.0 Å². The number of amides is 1. The predicted molar refractivity (Wildman–Crippen MR) is 135 cm³/mol. The first-order valence-corrected chi connectivity index (χ1v) is 12.9. The predicted octanol–water partition coefficient (Wildman–Crippen LogP) is 4.28. The molecule has 0 unspecified atom stereocenters. The number of imidazole rings is 1. The number of para-hydroxylation sites is 2. The van der Waals surface area contributed by atoms with Gasteiger partial charge in [-0.15, -0.1) is 0 Å². The number of carbonyl (C=O) groups is 1. The Morgan fingerprint density at radius 3 is 2.29 bits per heavy atom. The number of nitrogens with zero attached hydrogens (tertiary/aromatic N) is 2. The highest BCUT2D eigenvalue weighted by Gasteiger charge is 2.32. The SMILES string of the molecule is C[C@@H]1CN(S(=O)(=O)c2ccc(C(=O)Nc3ccc(-c4nc5ccccc5[nH]4)cc3)cc2)C[C@@H](C)O1. The molecule has 4 aromatic rings. The standard InChI is InChI=1S/C26H26N4O4S/c1-17-15-30(16-18(2)34-17)35(32,33)22-13-9-20(10-14-22)26(31)27-21-11-7-19(8-12-21)25-28-23-5-3-4-6-24(23)29-25/h3-14,17-18H,15-16H2,1-2H3,(H,27,31)(H,28,29)/t17-,18-/m1/s1. The molecule has 0 saturated carbocycles. The van der Waals surface area contributed by atoms with E-state index >= 15 is 0 Å². The van der Waals surface area contributed by atoms with Gasteiger partial charge >= 0.3 is 0 Å². The summed E-state index contributed by atoms with van der Waals surface area (Å²) in [5.41, 5.74) is 3.75. The van der Waals surface area contributed by atoms with E-state index in [4.69, 9.17) is 4.74 Å². The van der Waals surface area contributed by atoms with Gasteiger partial charge in [0.2, 0.25) is 10.0 Å². The van der Waals surface area contributed by atoms with Gasteiger partial charge in [-0.05, 0) is 74.5 Å². The van der Waals surface area contributed by atoms with E-state index in [1.165, 1.54) is 28.6 Å². The fraction of sp³-hybridized carbons (Fsp3) is 0.231. The van der Waals surface area contributed by atoms with Gasteiger partial charge in [-0.25, -0.2) is 13.4 Å². The lowest BCUT2D eigenvalue weighted by atomic mass is 10.1. The topological polar surface area (TPSA) is 104 Å². The summed E-state index contributed by atoms with van der Waals surface area (Å²) in [5.74, 6) is 0.434. The van der Waals surface area contributed by atoms with E-state index in [-0.39, 0.29) is 23.0 Å². The Balaban J connectivity index is 1.27. The monoisotopic (exact) mass is 490 g/mol. The van der Waals surface area contributed by atoms with Crippen LogP contribution < -0.4 is 5.32 Å². The molecule has 5 rings (SSSR count). The fourth-order valence-electron chi connectivity index (χ4n) is 4.26. The number of carbonyl (C=O) groups excluding carboxylic acids is 1. The number of H-pyrrole nitrogens is 1. The first-order chi connectivity index (χ1) is 16.8. The van der Waals surface area contributed by atoms with Crippen molar-refractivity contribution in [3.63, 3.8) is 0 Å².